The van der Waals surface area contributed by atoms with Crippen molar-refractivity contribution in [1.82, 2.24) is 4.98 Å². The van der Waals surface area contributed by atoms with Crippen molar-refractivity contribution in [2.24, 2.45) is 0 Å². The molecule has 0 saturated carbocycles. The lowest BCUT2D eigenvalue weighted by Gasteiger charge is -2.14. The van der Waals surface area contributed by atoms with Crippen LogP contribution in [0.2, 0.25) is 10.0 Å². The minimum Gasteiger partial charge on any atom is -0.504 e. The number of sulfone groups is 2. The molecule has 0 spiro atoms. The van der Waals surface area contributed by atoms with E-state index in [0.29, 0.717) is 22.3 Å². The van der Waals surface area contributed by atoms with Gasteiger partial charge in [-0.25, -0.2) is 16.8 Å². The zero-order valence-corrected chi connectivity index (χ0v) is 25.0. The first-order chi connectivity index (χ1) is 18.8. The van der Waals surface area contributed by atoms with Gasteiger partial charge >= 0.3 is 0 Å². The molecular formula is C25H23Cl2N3O7S3. The van der Waals surface area contributed by atoms with Crippen molar-refractivity contribution in [3.8, 4) is 5.75 Å². The quantitative estimate of drug-likeness (QED) is 0.169. The van der Waals surface area contributed by atoms with Crippen molar-refractivity contribution in [3.05, 3.63) is 62.4 Å². The molecule has 2 aromatic heterocycles. The first-order valence-corrected chi connectivity index (χ1v) is 16.7. The highest BCUT2D eigenvalue weighted by atomic mass is 35.5. The number of amides is 2. The van der Waals surface area contributed by atoms with Crippen LogP contribution in [0.3, 0.4) is 0 Å². The molecule has 0 saturated heterocycles. The summed E-state index contributed by atoms with van der Waals surface area (Å²) in [4.78, 5) is 28.4. The number of anilines is 2. The molecule has 2 aromatic carbocycles. The molecule has 0 aliphatic heterocycles. The van der Waals surface area contributed by atoms with E-state index in [2.05, 4.69) is 15.6 Å². The Morgan fingerprint density at radius 3 is 2.23 bits per heavy atom. The summed E-state index contributed by atoms with van der Waals surface area (Å²) < 4.78 is 50.3. The van der Waals surface area contributed by atoms with Crippen molar-refractivity contribution in [2.45, 2.75) is 30.1 Å². The molecule has 40 heavy (non-hydrogen) atoms. The van der Waals surface area contributed by atoms with Gasteiger partial charge in [0.15, 0.2) is 25.4 Å². The van der Waals surface area contributed by atoms with E-state index < -0.39 is 37.2 Å². The average molecular weight is 645 g/mol. The predicted molar refractivity (Wildman–Crippen MR) is 157 cm³/mol. The summed E-state index contributed by atoms with van der Waals surface area (Å²) in [5.74, 6) is -2.65. The van der Waals surface area contributed by atoms with Gasteiger partial charge in [0.2, 0.25) is 0 Å². The summed E-state index contributed by atoms with van der Waals surface area (Å²) in [5.41, 5.74) is 0.120. The third-order valence-corrected chi connectivity index (χ3v) is 11.5. The molecule has 0 radical (unpaired) electrons. The zero-order chi connectivity index (χ0) is 29.4. The standard InChI is InChI=1S/C25H23Cl2N3O7S3/c1-3-7-40(36,37)20-12-38-23(21(20)27)25(33)30-18-11-15(39(34,35)4-2)10-17(22(18)31)29-24(32)19-9-13-8-14(26)5-6-16(13)28-19/h5-6,8-12,28,31H,3-4,7H2,1-2H3,(H,29,32)(H,30,33). The number of hydrogen-bond acceptors (Lipinski definition) is 8. The number of phenolic OH excluding ortho intramolecular Hbond substituents is 1. The second-order valence-corrected chi connectivity index (χ2v) is 14.7. The van der Waals surface area contributed by atoms with E-state index in [-0.39, 0.29) is 48.3 Å². The second kappa shape index (κ2) is 11.4. The Balaban J connectivity index is 1.70. The van der Waals surface area contributed by atoms with Gasteiger partial charge < -0.3 is 20.7 Å². The lowest BCUT2D eigenvalue weighted by molar-refractivity contribution is 0.101. The molecule has 0 fully saturated rings. The van der Waals surface area contributed by atoms with Crippen molar-refractivity contribution in [1.29, 1.82) is 0 Å². The Labute approximate surface area is 244 Å². The summed E-state index contributed by atoms with van der Waals surface area (Å²) in [6, 6.07) is 8.63. The fourth-order valence-electron chi connectivity index (χ4n) is 3.81. The van der Waals surface area contributed by atoms with E-state index >= 15 is 0 Å². The molecule has 0 unspecified atom stereocenters. The maximum atomic E-state index is 13.1. The van der Waals surface area contributed by atoms with Crippen LogP contribution < -0.4 is 10.6 Å². The number of fused-ring (bicyclic) bond motifs is 1. The molecule has 0 bridgehead atoms. The monoisotopic (exact) mass is 643 g/mol. The summed E-state index contributed by atoms with van der Waals surface area (Å²) in [7, 11) is -7.57. The van der Waals surface area contributed by atoms with Crippen LogP contribution in [0.5, 0.6) is 5.75 Å². The number of phenols is 1. The van der Waals surface area contributed by atoms with E-state index in [9.17, 15) is 31.5 Å². The topological polar surface area (TPSA) is 162 Å². The predicted octanol–water partition coefficient (Wildman–Crippen LogP) is 5.72. The first kappa shape index (κ1) is 29.9. The third-order valence-electron chi connectivity index (χ3n) is 5.86. The normalized spacial score (nSPS) is 12.0. The molecule has 0 aliphatic rings. The molecule has 4 rings (SSSR count). The fraction of sp³-hybridized carbons (Fsp3) is 0.200. The van der Waals surface area contributed by atoms with Gasteiger partial charge in [0.1, 0.15) is 10.6 Å². The van der Waals surface area contributed by atoms with Gasteiger partial charge in [-0.1, -0.05) is 37.0 Å². The number of nitrogens with one attached hydrogen (secondary N) is 3. The summed E-state index contributed by atoms with van der Waals surface area (Å²) in [5, 5.41) is 17.9. The summed E-state index contributed by atoms with van der Waals surface area (Å²) in [6.45, 7) is 3.10. The lowest BCUT2D eigenvalue weighted by atomic mass is 10.2. The molecule has 0 atom stereocenters. The minimum atomic E-state index is -3.85. The van der Waals surface area contributed by atoms with Crippen molar-refractivity contribution in [2.75, 3.05) is 22.1 Å². The maximum absolute atomic E-state index is 13.1. The Bertz CT molecular complexity index is 1860. The van der Waals surface area contributed by atoms with Crippen LogP contribution in [0.1, 0.15) is 40.4 Å². The highest BCUT2D eigenvalue weighted by Gasteiger charge is 2.27. The Kier molecular flexibility index (Phi) is 8.52. The van der Waals surface area contributed by atoms with Gasteiger partial charge in [-0.2, -0.15) is 0 Å². The third kappa shape index (κ3) is 5.98. The molecule has 212 valence electrons. The number of aromatic amines is 1. The SMILES string of the molecule is CCCS(=O)(=O)c1csc(C(=O)Nc2cc(S(=O)(=O)CC)cc(NC(=O)c3cc4cc(Cl)ccc4[nH]3)c2O)c1Cl. The van der Waals surface area contributed by atoms with Crippen LogP contribution in [-0.2, 0) is 19.7 Å². The largest absolute Gasteiger partial charge is 0.504 e. The highest BCUT2D eigenvalue weighted by Crippen LogP contribution is 2.38. The Morgan fingerprint density at radius 1 is 0.950 bits per heavy atom. The lowest BCUT2D eigenvalue weighted by Crippen LogP contribution is -2.16. The van der Waals surface area contributed by atoms with Gasteiger partial charge in [-0.15, -0.1) is 11.3 Å². The van der Waals surface area contributed by atoms with E-state index in [1.54, 1.807) is 25.1 Å². The van der Waals surface area contributed by atoms with E-state index in [1.165, 1.54) is 18.4 Å². The number of aromatic hydroxyl groups is 1. The molecule has 4 N–H and O–H groups in total. The van der Waals surface area contributed by atoms with Crippen molar-refractivity contribution >= 4 is 88.3 Å². The number of rotatable bonds is 9. The number of thiophene rings is 1. The number of halogens is 2. The van der Waals surface area contributed by atoms with E-state index in [4.69, 9.17) is 23.2 Å². The van der Waals surface area contributed by atoms with Crippen LogP contribution in [0.4, 0.5) is 11.4 Å². The van der Waals surface area contributed by atoms with Gasteiger partial charge in [-0.05, 0) is 42.8 Å². The van der Waals surface area contributed by atoms with Crippen LogP contribution in [0.25, 0.3) is 10.9 Å². The van der Waals surface area contributed by atoms with Crippen LogP contribution in [-0.4, -0.2) is 50.2 Å². The second-order valence-electron chi connectivity index (χ2n) is 8.66. The number of benzene rings is 2. The van der Waals surface area contributed by atoms with Crippen LogP contribution in [0, 0.1) is 0 Å². The van der Waals surface area contributed by atoms with Gasteiger partial charge in [0.05, 0.1) is 37.7 Å². The highest BCUT2D eigenvalue weighted by molar-refractivity contribution is 7.91. The van der Waals surface area contributed by atoms with Gasteiger partial charge in [0, 0.05) is 21.3 Å². The van der Waals surface area contributed by atoms with Crippen molar-refractivity contribution in [3.63, 3.8) is 0 Å². The summed E-state index contributed by atoms with van der Waals surface area (Å²) in [6.07, 6.45) is 0.351. The van der Waals surface area contributed by atoms with Crippen molar-refractivity contribution < 1.29 is 31.5 Å². The molecule has 10 nitrogen and oxygen atoms in total. The van der Waals surface area contributed by atoms with Gasteiger partial charge in [0.25, 0.3) is 11.8 Å². The molecule has 2 heterocycles. The number of carbonyl (C=O) groups excluding carboxylic acids is 2. The van der Waals surface area contributed by atoms with Crippen LogP contribution in [0.15, 0.2) is 51.6 Å². The maximum Gasteiger partial charge on any atom is 0.272 e. The number of H-pyrrole nitrogens is 1. The molecule has 15 heteroatoms. The fourth-order valence-corrected chi connectivity index (χ4v) is 8.25. The van der Waals surface area contributed by atoms with E-state index in [1.807, 2.05) is 0 Å². The average Bonchev–Trinajstić information content (AvgIpc) is 3.49. The Hall–Kier alpha value is -3.10. The zero-order valence-electron chi connectivity index (χ0n) is 21.0. The van der Waals surface area contributed by atoms with Crippen LogP contribution >= 0.6 is 34.5 Å². The molecule has 0 aliphatic carbocycles. The number of aromatic nitrogens is 1. The minimum absolute atomic E-state index is 0.109. The molecule has 2 amide bonds. The summed E-state index contributed by atoms with van der Waals surface area (Å²) >= 11 is 13.0. The number of carbonyl (C=O) groups is 2. The Morgan fingerprint density at radius 2 is 1.60 bits per heavy atom. The molecule has 4 aromatic rings. The number of hydrogen-bond donors (Lipinski definition) is 4. The molecular weight excluding hydrogens is 621 g/mol. The van der Waals surface area contributed by atoms with E-state index in [0.717, 1.165) is 23.5 Å². The smallest absolute Gasteiger partial charge is 0.272 e. The van der Waals surface area contributed by atoms with Gasteiger partial charge in [-0.3, -0.25) is 9.59 Å². The first-order valence-electron chi connectivity index (χ1n) is 11.8.